The van der Waals surface area contributed by atoms with Gasteiger partial charge in [-0.05, 0) is 17.4 Å². The van der Waals surface area contributed by atoms with Gasteiger partial charge in [-0.15, -0.1) is 0 Å². The monoisotopic (exact) mass is 327 g/mol. The Kier molecular flexibility index (Phi) is 3.91. The van der Waals surface area contributed by atoms with Crippen LogP contribution in [-0.2, 0) is 16.6 Å². The minimum Gasteiger partial charge on any atom is -0.355 e. The number of H-pyrrole nitrogens is 2. The molecule has 1 fully saturated rings. The number of carbonyl (C=O) groups excluding carboxylic acids is 1. The summed E-state index contributed by atoms with van der Waals surface area (Å²) >= 11 is 0. The molecule has 1 aromatic carbocycles. The van der Waals surface area contributed by atoms with E-state index in [1.54, 1.807) is 0 Å². The van der Waals surface area contributed by atoms with E-state index in [2.05, 4.69) is 41.3 Å². The van der Waals surface area contributed by atoms with Gasteiger partial charge in [-0.25, -0.2) is 4.79 Å². The molecule has 3 N–H and O–H groups in total. The fourth-order valence-electron chi connectivity index (χ4n) is 3.42. The van der Waals surface area contributed by atoms with Crippen LogP contribution in [0.4, 0.5) is 0 Å². The lowest BCUT2D eigenvalue weighted by Gasteiger charge is -2.22. The SMILES string of the molecule is CC1(C)CC1(CNC(=O)Cc1c[nH]c(=O)[nH]c1=O)c1ccccc1. The molecule has 1 aromatic heterocycles. The third-order valence-corrected chi connectivity index (χ3v) is 5.08. The molecule has 0 saturated heterocycles. The number of aromatic amines is 2. The summed E-state index contributed by atoms with van der Waals surface area (Å²) in [5, 5.41) is 2.95. The number of amides is 1. The highest BCUT2D eigenvalue weighted by atomic mass is 16.2. The van der Waals surface area contributed by atoms with Crippen molar-refractivity contribution in [3.05, 3.63) is 68.5 Å². The minimum absolute atomic E-state index is 0.0581. The van der Waals surface area contributed by atoms with Crippen LogP contribution in [-0.4, -0.2) is 22.4 Å². The van der Waals surface area contributed by atoms with Gasteiger partial charge in [0.1, 0.15) is 0 Å². The first-order valence-corrected chi connectivity index (χ1v) is 7.97. The maximum atomic E-state index is 12.2. The van der Waals surface area contributed by atoms with Crippen molar-refractivity contribution < 1.29 is 4.79 Å². The summed E-state index contributed by atoms with van der Waals surface area (Å²) in [5.41, 5.74) is 0.414. The Bertz CT molecular complexity index is 867. The van der Waals surface area contributed by atoms with Gasteiger partial charge in [-0.2, -0.15) is 0 Å². The molecule has 0 spiro atoms. The fourth-order valence-corrected chi connectivity index (χ4v) is 3.42. The van der Waals surface area contributed by atoms with E-state index in [9.17, 15) is 14.4 Å². The zero-order valence-corrected chi connectivity index (χ0v) is 13.8. The van der Waals surface area contributed by atoms with Gasteiger partial charge in [0, 0.05) is 23.7 Å². The summed E-state index contributed by atoms with van der Waals surface area (Å²) < 4.78 is 0. The van der Waals surface area contributed by atoms with Crippen LogP contribution in [0, 0.1) is 5.41 Å². The zero-order chi connectivity index (χ0) is 17.4. The molecule has 6 nitrogen and oxygen atoms in total. The molecule has 1 amide bonds. The molecule has 126 valence electrons. The Morgan fingerprint density at radius 3 is 2.46 bits per heavy atom. The number of rotatable bonds is 5. The van der Waals surface area contributed by atoms with Gasteiger partial charge in [-0.1, -0.05) is 44.2 Å². The van der Waals surface area contributed by atoms with Crippen LogP contribution in [0.2, 0.25) is 0 Å². The van der Waals surface area contributed by atoms with Crippen LogP contribution < -0.4 is 16.6 Å². The fraction of sp³-hybridized carbons (Fsp3) is 0.389. The number of hydrogen-bond acceptors (Lipinski definition) is 3. The molecule has 1 heterocycles. The van der Waals surface area contributed by atoms with Gasteiger partial charge in [0.25, 0.3) is 5.56 Å². The molecule has 3 rings (SSSR count). The lowest BCUT2D eigenvalue weighted by atomic mass is 9.88. The van der Waals surface area contributed by atoms with Gasteiger partial charge in [0.15, 0.2) is 0 Å². The normalized spacial score (nSPS) is 21.2. The molecule has 1 saturated carbocycles. The van der Waals surface area contributed by atoms with Crippen molar-refractivity contribution in [3.63, 3.8) is 0 Å². The first-order chi connectivity index (χ1) is 11.3. The Balaban J connectivity index is 1.69. The molecule has 1 aliphatic carbocycles. The van der Waals surface area contributed by atoms with Crippen LogP contribution in [0.25, 0.3) is 0 Å². The highest BCUT2D eigenvalue weighted by Gasteiger charge is 2.61. The smallest absolute Gasteiger partial charge is 0.325 e. The second-order valence-corrected chi connectivity index (χ2v) is 7.06. The third kappa shape index (κ3) is 2.91. The van der Waals surface area contributed by atoms with Crippen molar-refractivity contribution in [2.45, 2.75) is 32.1 Å². The van der Waals surface area contributed by atoms with Gasteiger partial charge in [0.05, 0.1) is 6.42 Å². The van der Waals surface area contributed by atoms with Gasteiger partial charge in [-0.3, -0.25) is 14.6 Å². The van der Waals surface area contributed by atoms with Crippen LogP contribution >= 0.6 is 0 Å². The molecule has 2 aromatic rings. The maximum absolute atomic E-state index is 12.2. The van der Waals surface area contributed by atoms with Gasteiger partial charge >= 0.3 is 5.69 Å². The van der Waals surface area contributed by atoms with Gasteiger partial charge in [0.2, 0.25) is 5.91 Å². The number of carbonyl (C=O) groups is 1. The first kappa shape index (κ1) is 16.2. The van der Waals surface area contributed by atoms with E-state index in [0.717, 1.165) is 6.42 Å². The molecule has 24 heavy (non-hydrogen) atoms. The highest BCUT2D eigenvalue weighted by molar-refractivity contribution is 5.78. The molecule has 1 aliphatic rings. The second kappa shape index (κ2) is 5.78. The van der Waals surface area contributed by atoms with Crippen LogP contribution in [0.3, 0.4) is 0 Å². The standard InChI is InChI=1S/C18H21N3O3/c1-17(2)10-18(17,13-6-4-3-5-7-13)11-20-14(22)8-12-9-19-16(24)21-15(12)23/h3-7,9H,8,10-11H2,1-2H3,(H,20,22)(H2,19,21,23,24). The lowest BCUT2D eigenvalue weighted by molar-refractivity contribution is -0.120. The van der Waals surface area contributed by atoms with E-state index in [1.165, 1.54) is 11.8 Å². The van der Waals surface area contributed by atoms with E-state index >= 15 is 0 Å². The summed E-state index contributed by atoms with van der Waals surface area (Å²) in [7, 11) is 0. The maximum Gasteiger partial charge on any atom is 0.325 e. The molecule has 1 atom stereocenters. The topological polar surface area (TPSA) is 94.8 Å². The molecular formula is C18H21N3O3. The highest BCUT2D eigenvalue weighted by Crippen LogP contribution is 2.63. The van der Waals surface area contributed by atoms with E-state index in [-0.39, 0.29) is 28.7 Å². The Morgan fingerprint density at radius 1 is 1.21 bits per heavy atom. The zero-order valence-electron chi connectivity index (χ0n) is 13.8. The van der Waals surface area contributed by atoms with Crippen molar-refractivity contribution in [1.29, 1.82) is 0 Å². The number of benzene rings is 1. The summed E-state index contributed by atoms with van der Waals surface area (Å²) in [6.07, 6.45) is 2.23. The van der Waals surface area contributed by atoms with Crippen molar-refractivity contribution >= 4 is 5.91 Å². The van der Waals surface area contributed by atoms with E-state index < -0.39 is 11.2 Å². The van der Waals surface area contributed by atoms with Crippen molar-refractivity contribution in [3.8, 4) is 0 Å². The average Bonchev–Trinajstić information content (AvgIpc) is 3.12. The predicted octanol–water partition coefficient (Wildman–Crippen LogP) is 1.09. The van der Waals surface area contributed by atoms with E-state index in [4.69, 9.17) is 0 Å². The van der Waals surface area contributed by atoms with E-state index in [1.807, 2.05) is 18.2 Å². The number of nitrogens with one attached hydrogen (secondary N) is 3. The molecule has 0 aliphatic heterocycles. The molecular weight excluding hydrogens is 306 g/mol. The summed E-state index contributed by atoms with van der Waals surface area (Å²) in [5.74, 6) is -0.231. The van der Waals surface area contributed by atoms with Crippen LogP contribution in [0.1, 0.15) is 31.4 Å². The lowest BCUT2D eigenvalue weighted by Crippen LogP contribution is -2.37. The third-order valence-electron chi connectivity index (χ3n) is 5.08. The van der Waals surface area contributed by atoms with Crippen LogP contribution in [0.5, 0.6) is 0 Å². The minimum atomic E-state index is -0.577. The number of aromatic nitrogens is 2. The molecule has 1 unspecified atom stereocenters. The second-order valence-electron chi connectivity index (χ2n) is 7.06. The van der Waals surface area contributed by atoms with Crippen molar-refractivity contribution in [2.24, 2.45) is 5.41 Å². The molecule has 0 radical (unpaired) electrons. The Hall–Kier alpha value is -2.63. The molecule has 0 bridgehead atoms. The van der Waals surface area contributed by atoms with Gasteiger partial charge < -0.3 is 10.3 Å². The van der Waals surface area contributed by atoms with Crippen molar-refractivity contribution in [2.75, 3.05) is 6.54 Å². The Labute approximate surface area is 139 Å². The van der Waals surface area contributed by atoms with E-state index in [0.29, 0.717) is 6.54 Å². The first-order valence-electron chi connectivity index (χ1n) is 7.97. The average molecular weight is 327 g/mol. The quantitative estimate of drug-likeness (QED) is 0.767. The summed E-state index contributed by atoms with van der Waals surface area (Å²) in [6.45, 7) is 4.92. The number of hydrogen-bond donors (Lipinski definition) is 3. The van der Waals surface area contributed by atoms with Crippen LogP contribution in [0.15, 0.2) is 46.1 Å². The Morgan fingerprint density at radius 2 is 1.88 bits per heavy atom. The predicted molar refractivity (Wildman–Crippen MR) is 90.9 cm³/mol. The van der Waals surface area contributed by atoms with Crippen molar-refractivity contribution in [1.82, 2.24) is 15.3 Å². The largest absolute Gasteiger partial charge is 0.355 e. The summed E-state index contributed by atoms with van der Waals surface area (Å²) in [4.78, 5) is 39.4. The summed E-state index contributed by atoms with van der Waals surface area (Å²) in [6, 6.07) is 10.2. The molecule has 6 heteroatoms.